The van der Waals surface area contributed by atoms with Crippen molar-refractivity contribution < 1.29 is 13.7 Å². The number of ether oxygens (including phenoxy) is 1. The van der Waals surface area contributed by atoms with Crippen LogP contribution in [0, 0.1) is 19.7 Å². The minimum atomic E-state index is -0.272. The predicted molar refractivity (Wildman–Crippen MR) is 56.7 cm³/mol. The molecule has 1 aromatic carbocycles. The Morgan fingerprint density at radius 2 is 2.12 bits per heavy atom. The van der Waals surface area contributed by atoms with E-state index in [1.807, 2.05) is 6.92 Å². The van der Waals surface area contributed by atoms with Gasteiger partial charge in [0, 0.05) is 12.1 Å². The first-order valence-corrected chi connectivity index (χ1v) is 4.96. The quantitative estimate of drug-likeness (QED) is 0.799. The molecular weight excluding hydrogens is 209 g/mol. The second kappa shape index (κ2) is 4.35. The third kappa shape index (κ3) is 2.39. The van der Waals surface area contributed by atoms with Crippen LogP contribution >= 0.6 is 0 Å². The molecule has 1 aromatic heterocycles. The van der Waals surface area contributed by atoms with Crippen LogP contribution in [0.2, 0.25) is 0 Å². The molecule has 0 amide bonds. The van der Waals surface area contributed by atoms with Crippen LogP contribution in [-0.2, 0) is 6.61 Å². The Bertz CT molecular complexity index is 494. The second-order valence-electron chi connectivity index (χ2n) is 3.63. The largest absolute Gasteiger partial charge is 0.485 e. The van der Waals surface area contributed by atoms with E-state index in [1.54, 1.807) is 25.1 Å². The van der Waals surface area contributed by atoms with Crippen molar-refractivity contribution in [3.8, 4) is 5.75 Å². The molecule has 0 aliphatic heterocycles. The first-order valence-electron chi connectivity index (χ1n) is 4.96. The number of benzene rings is 1. The predicted octanol–water partition coefficient (Wildman–Crippen LogP) is 3.01. The van der Waals surface area contributed by atoms with Crippen molar-refractivity contribution >= 4 is 0 Å². The molecule has 0 aliphatic carbocycles. The lowest BCUT2D eigenvalue weighted by molar-refractivity contribution is 0.248. The first kappa shape index (κ1) is 10.7. The molecule has 0 saturated heterocycles. The maximum absolute atomic E-state index is 13.2. The zero-order valence-corrected chi connectivity index (χ0v) is 9.16. The second-order valence-corrected chi connectivity index (χ2v) is 3.63. The molecule has 0 N–H and O–H groups in total. The molecule has 2 aromatic rings. The molecule has 3 nitrogen and oxygen atoms in total. The zero-order chi connectivity index (χ0) is 11.5. The highest BCUT2D eigenvalue weighted by Crippen LogP contribution is 2.17. The van der Waals surface area contributed by atoms with Crippen LogP contribution in [0.25, 0.3) is 0 Å². The van der Waals surface area contributed by atoms with Gasteiger partial charge in [0.15, 0.2) is 5.76 Å². The van der Waals surface area contributed by atoms with Gasteiger partial charge in [-0.25, -0.2) is 4.39 Å². The first-order chi connectivity index (χ1) is 7.65. The standard InChI is InChI=1S/C12H12FNO2/c1-8-3-4-10(6-12(8)13)15-7-11-5-9(2)14-16-11/h3-6H,7H2,1-2H3. The summed E-state index contributed by atoms with van der Waals surface area (Å²) in [4.78, 5) is 0. The summed E-state index contributed by atoms with van der Waals surface area (Å²) in [5.41, 5.74) is 1.40. The molecule has 16 heavy (non-hydrogen) atoms. The summed E-state index contributed by atoms with van der Waals surface area (Å²) in [6, 6.07) is 6.54. The summed E-state index contributed by atoms with van der Waals surface area (Å²) in [6.07, 6.45) is 0. The van der Waals surface area contributed by atoms with E-state index < -0.39 is 0 Å². The minimum Gasteiger partial charge on any atom is -0.485 e. The van der Waals surface area contributed by atoms with E-state index >= 15 is 0 Å². The molecule has 0 atom stereocenters. The Hall–Kier alpha value is -1.84. The molecule has 0 bridgehead atoms. The molecule has 0 fully saturated rings. The van der Waals surface area contributed by atoms with Gasteiger partial charge in [-0.1, -0.05) is 11.2 Å². The van der Waals surface area contributed by atoms with Crippen molar-refractivity contribution in [2.45, 2.75) is 20.5 Å². The molecule has 4 heteroatoms. The van der Waals surface area contributed by atoms with Gasteiger partial charge in [-0.3, -0.25) is 0 Å². The molecule has 2 rings (SSSR count). The van der Waals surface area contributed by atoms with E-state index in [-0.39, 0.29) is 12.4 Å². The van der Waals surface area contributed by atoms with E-state index in [2.05, 4.69) is 5.16 Å². The molecule has 0 spiro atoms. The molecular formula is C12H12FNO2. The maximum Gasteiger partial charge on any atom is 0.174 e. The number of nitrogens with zero attached hydrogens (tertiary/aromatic N) is 1. The summed E-state index contributed by atoms with van der Waals surface area (Å²) >= 11 is 0. The van der Waals surface area contributed by atoms with E-state index in [0.29, 0.717) is 17.1 Å². The summed E-state index contributed by atoms with van der Waals surface area (Å²) in [7, 11) is 0. The topological polar surface area (TPSA) is 35.3 Å². The highest BCUT2D eigenvalue weighted by Gasteiger charge is 2.03. The van der Waals surface area contributed by atoms with Crippen LogP contribution < -0.4 is 4.74 Å². The van der Waals surface area contributed by atoms with E-state index in [4.69, 9.17) is 9.26 Å². The van der Waals surface area contributed by atoms with Crippen molar-refractivity contribution in [2.24, 2.45) is 0 Å². The Kier molecular flexibility index (Phi) is 2.90. The van der Waals surface area contributed by atoms with Gasteiger partial charge in [-0.2, -0.15) is 0 Å². The van der Waals surface area contributed by atoms with Gasteiger partial charge in [0.05, 0.1) is 5.69 Å². The van der Waals surface area contributed by atoms with Crippen LogP contribution in [0.3, 0.4) is 0 Å². The van der Waals surface area contributed by atoms with Crippen molar-refractivity contribution in [2.75, 3.05) is 0 Å². The summed E-state index contributed by atoms with van der Waals surface area (Å²) in [5.74, 6) is 0.835. The normalized spacial score (nSPS) is 10.4. The highest BCUT2D eigenvalue weighted by atomic mass is 19.1. The fourth-order valence-corrected chi connectivity index (χ4v) is 1.30. The minimum absolute atomic E-state index is 0.253. The van der Waals surface area contributed by atoms with E-state index in [1.165, 1.54) is 6.07 Å². The number of hydrogen-bond acceptors (Lipinski definition) is 3. The summed E-state index contributed by atoms with van der Waals surface area (Å²) in [6.45, 7) is 3.79. The number of halogens is 1. The van der Waals surface area contributed by atoms with Gasteiger partial charge in [-0.15, -0.1) is 0 Å². The fourth-order valence-electron chi connectivity index (χ4n) is 1.30. The Balaban J connectivity index is 2.02. The van der Waals surface area contributed by atoms with Gasteiger partial charge < -0.3 is 9.26 Å². The Labute approximate surface area is 92.8 Å². The third-order valence-corrected chi connectivity index (χ3v) is 2.20. The van der Waals surface area contributed by atoms with Crippen LogP contribution in [0.15, 0.2) is 28.8 Å². The van der Waals surface area contributed by atoms with Gasteiger partial charge in [0.25, 0.3) is 0 Å². The average molecular weight is 221 g/mol. The monoisotopic (exact) mass is 221 g/mol. The number of rotatable bonds is 3. The van der Waals surface area contributed by atoms with E-state index in [0.717, 1.165) is 5.69 Å². The van der Waals surface area contributed by atoms with Crippen LogP contribution in [-0.4, -0.2) is 5.16 Å². The third-order valence-electron chi connectivity index (χ3n) is 2.20. The number of aromatic nitrogens is 1. The van der Waals surface area contributed by atoms with Crippen molar-refractivity contribution in [3.05, 3.63) is 47.1 Å². The van der Waals surface area contributed by atoms with Gasteiger partial charge in [0.2, 0.25) is 0 Å². The number of aryl methyl sites for hydroxylation is 2. The smallest absolute Gasteiger partial charge is 0.174 e. The zero-order valence-electron chi connectivity index (χ0n) is 9.16. The molecule has 1 heterocycles. The molecule has 0 unspecified atom stereocenters. The van der Waals surface area contributed by atoms with Crippen molar-refractivity contribution in [1.82, 2.24) is 5.16 Å². The van der Waals surface area contributed by atoms with Gasteiger partial charge in [0.1, 0.15) is 18.2 Å². The lowest BCUT2D eigenvalue weighted by Gasteiger charge is -2.04. The number of hydrogen-bond donors (Lipinski definition) is 0. The van der Waals surface area contributed by atoms with E-state index in [9.17, 15) is 4.39 Å². The van der Waals surface area contributed by atoms with Crippen molar-refractivity contribution in [1.29, 1.82) is 0 Å². The van der Waals surface area contributed by atoms with Crippen LogP contribution in [0.5, 0.6) is 5.75 Å². The fraction of sp³-hybridized carbons (Fsp3) is 0.250. The highest BCUT2D eigenvalue weighted by molar-refractivity contribution is 5.28. The molecule has 0 radical (unpaired) electrons. The molecule has 0 saturated carbocycles. The van der Waals surface area contributed by atoms with Gasteiger partial charge >= 0.3 is 0 Å². The SMILES string of the molecule is Cc1cc(COc2ccc(C)c(F)c2)on1. The molecule has 84 valence electrons. The van der Waals surface area contributed by atoms with Gasteiger partial charge in [-0.05, 0) is 25.5 Å². The maximum atomic E-state index is 13.2. The van der Waals surface area contributed by atoms with Crippen LogP contribution in [0.4, 0.5) is 4.39 Å². The lowest BCUT2D eigenvalue weighted by Crippen LogP contribution is -1.94. The summed E-state index contributed by atoms with van der Waals surface area (Å²) in [5, 5.41) is 3.73. The average Bonchev–Trinajstić information content (AvgIpc) is 2.66. The lowest BCUT2D eigenvalue weighted by atomic mass is 10.2. The summed E-state index contributed by atoms with van der Waals surface area (Å²) < 4.78 is 23.5. The van der Waals surface area contributed by atoms with Crippen LogP contribution in [0.1, 0.15) is 17.0 Å². The molecule has 0 aliphatic rings. The van der Waals surface area contributed by atoms with Crippen molar-refractivity contribution in [3.63, 3.8) is 0 Å². The Morgan fingerprint density at radius 1 is 1.31 bits per heavy atom. The Morgan fingerprint density at radius 3 is 2.75 bits per heavy atom.